The number of hydrogen-bond donors (Lipinski definition) is 1. The molecule has 18 heavy (non-hydrogen) atoms. The summed E-state index contributed by atoms with van der Waals surface area (Å²) in [4.78, 5) is 0. The number of alkyl halides is 3. The largest absolute Gasteiger partial charge is 0.416 e. The Hall–Kier alpha value is -0.260. The fourth-order valence-electron chi connectivity index (χ4n) is 1.46. The van der Waals surface area contributed by atoms with Gasteiger partial charge in [0.1, 0.15) is 0 Å². The third kappa shape index (κ3) is 4.44. The molecule has 0 aliphatic rings. The topological polar surface area (TPSA) is 26.0 Å². The molecule has 0 saturated heterocycles. The third-order valence-electron chi connectivity index (χ3n) is 2.54. The van der Waals surface area contributed by atoms with Crippen LogP contribution in [-0.4, -0.2) is 0 Å². The van der Waals surface area contributed by atoms with E-state index in [1.54, 1.807) is 6.07 Å². The third-order valence-corrected chi connectivity index (χ3v) is 3.00. The van der Waals surface area contributed by atoms with Gasteiger partial charge >= 0.3 is 6.18 Å². The van der Waals surface area contributed by atoms with Gasteiger partial charge in [0, 0.05) is 10.5 Å². The number of halogens is 5. The Labute approximate surface area is 119 Å². The molecule has 0 aliphatic carbocycles. The standard InChI is InChI=1S/C12H15BrF3N.ClH/c1-11(2,3)10(17)7-4-8(12(14,15)16)6-9(13)5-7;/h4-6,10H,17H2,1-3H3;1H/t10-;/m0./s1. The summed E-state index contributed by atoms with van der Waals surface area (Å²) in [6.45, 7) is 5.68. The van der Waals surface area contributed by atoms with Gasteiger partial charge in [-0.3, -0.25) is 0 Å². The van der Waals surface area contributed by atoms with Crippen molar-refractivity contribution in [1.29, 1.82) is 0 Å². The minimum absolute atomic E-state index is 0. The summed E-state index contributed by atoms with van der Waals surface area (Å²) >= 11 is 3.08. The van der Waals surface area contributed by atoms with Crippen LogP contribution in [0.1, 0.15) is 37.9 Å². The molecule has 1 aromatic carbocycles. The van der Waals surface area contributed by atoms with Gasteiger partial charge in [-0.25, -0.2) is 0 Å². The van der Waals surface area contributed by atoms with E-state index in [2.05, 4.69) is 15.9 Å². The zero-order valence-electron chi connectivity index (χ0n) is 10.3. The highest BCUT2D eigenvalue weighted by atomic mass is 79.9. The molecular weight excluding hydrogens is 330 g/mol. The Kier molecular flexibility index (Phi) is 5.72. The second-order valence-electron chi connectivity index (χ2n) is 5.11. The van der Waals surface area contributed by atoms with Crippen molar-refractivity contribution in [2.24, 2.45) is 11.1 Å². The maximum absolute atomic E-state index is 12.6. The van der Waals surface area contributed by atoms with Crippen molar-refractivity contribution in [3.63, 3.8) is 0 Å². The summed E-state index contributed by atoms with van der Waals surface area (Å²) in [7, 11) is 0. The molecule has 0 amide bonds. The quantitative estimate of drug-likeness (QED) is 0.766. The lowest BCUT2D eigenvalue weighted by Gasteiger charge is -2.28. The molecule has 0 fully saturated rings. The monoisotopic (exact) mass is 345 g/mol. The summed E-state index contributed by atoms with van der Waals surface area (Å²) in [5, 5.41) is 0. The minimum atomic E-state index is -4.35. The predicted octanol–water partition coefficient (Wildman–Crippen LogP) is 4.94. The lowest BCUT2D eigenvalue weighted by molar-refractivity contribution is -0.137. The van der Waals surface area contributed by atoms with Crippen LogP contribution in [0.3, 0.4) is 0 Å². The first kappa shape index (κ1) is 17.7. The minimum Gasteiger partial charge on any atom is -0.324 e. The van der Waals surface area contributed by atoms with Crippen LogP contribution in [0.4, 0.5) is 13.2 Å². The number of nitrogens with two attached hydrogens (primary N) is 1. The maximum Gasteiger partial charge on any atom is 0.416 e. The highest BCUT2D eigenvalue weighted by Gasteiger charge is 2.32. The molecule has 2 N–H and O–H groups in total. The molecule has 0 aromatic heterocycles. The van der Waals surface area contributed by atoms with Crippen molar-refractivity contribution < 1.29 is 13.2 Å². The van der Waals surface area contributed by atoms with E-state index in [0.717, 1.165) is 12.1 Å². The van der Waals surface area contributed by atoms with Crippen molar-refractivity contribution >= 4 is 28.3 Å². The molecule has 1 rings (SSSR count). The summed E-state index contributed by atoms with van der Waals surface area (Å²) in [6.07, 6.45) is -4.35. The van der Waals surface area contributed by atoms with E-state index >= 15 is 0 Å². The molecule has 0 unspecified atom stereocenters. The van der Waals surface area contributed by atoms with Gasteiger partial charge in [0.25, 0.3) is 0 Å². The fourth-order valence-corrected chi connectivity index (χ4v) is 1.97. The molecule has 104 valence electrons. The van der Waals surface area contributed by atoms with Gasteiger partial charge in [-0.1, -0.05) is 36.7 Å². The zero-order valence-corrected chi connectivity index (χ0v) is 12.7. The Bertz CT molecular complexity index is 413. The highest BCUT2D eigenvalue weighted by Crippen LogP contribution is 2.36. The SMILES string of the molecule is CC(C)(C)[C@@H](N)c1cc(Br)cc(C(F)(F)F)c1.Cl. The van der Waals surface area contributed by atoms with Crippen LogP contribution in [0, 0.1) is 5.41 Å². The van der Waals surface area contributed by atoms with E-state index in [4.69, 9.17) is 5.73 Å². The summed E-state index contributed by atoms with van der Waals surface area (Å²) < 4.78 is 38.3. The molecule has 0 spiro atoms. The normalized spacial score (nSPS) is 14.0. The van der Waals surface area contributed by atoms with Gasteiger partial charge in [0.2, 0.25) is 0 Å². The Morgan fingerprint density at radius 2 is 1.61 bits per heavy atom. The molecule has 1 aromatic rings. The van der Waals surface area contributed by atoms with E-state index in [9.17, 15) is 13.2 Å². The zero-order chi connectivity index (χ0) is 13.4. The lowest BCUT2D eigenvalue weighted by atomic mass is 9.83. The van der Waals surface area contributed by atoms with Crippen molar-refractivity contribution in [2.75, 3.05) is 0 Å². The first-order chi connectivity index (χ1) is 7.51. The number of rotatable bonds is 1. The van der Waals surface area contributed by atoms with Crippen LogP contribution in [0.5, 0.6) is 0 Å². The summed E-state index contributed by atoms with van der Waals surface area (Å²) in [5.41, 5.74) is 5.48. The average Bonchev–Trinajstić information content (AvgIpc) is 2.12. The molecule has 1 atom stereocenters. The lowest BCUT2D eigenvalue weighted by Crippen LogP contribution is -2.26. The highest BCUT2D eigenvalue weighted by molar-refractivity contribution is 9.10. The number of hydrogen-bond acceptors (Lipinski definition) is 1. The van der Waals surface area contributed by atoms with E-state index in [1.807, 2.05) is 20.8 Å². The molecule has 6 heteroatoms. The second-order valence-corrected chi connectivity index (χ2v) is 6.03. The van der Waals surface area contributed by atoms with Gasteiger partial charge in [-0.2, -0.15) is 13.2 Å². The van der Waals surface area contributed by atoms with Crippen LogP contribution in [0.15, 0.2) is 22.7 Å². The van der Waals surface area contributed by atoms with Gasteiger partial charge in [-0.15, -0.1) is 12.4 Å². The predicted molar refractivity (Wildman–Crippen MR) is 72.8 cm³/mol. The summed E-state index contributed by atoms with van der Waals surface area (Å²) in [6, 6.07) is 3.35. The molecule has 0 aliphatic heterocycles. The molecule has 1 nitrogen and oxygen atoms in total. The van der Waals surface area contributed by atoms with Crippen molar-refractivity contribution in [1.82, 2.24) is 0 Å². The van der Waals surface area contributed by atoms with Crippen molar-refractivity contribution in [3.8, 4) is 0 Å². The van der Waals surface area contributed by atoms with Gasteiger partial charge in [0.15, 0.2) is 0 Å². The first-order valence-corrected chi connectivity index (χ1v) is 5.94. The molecule has 0 saturated carbocycles. The molecule has 0 heterocycles. The van der Waals surface area contributed by atoms with Crippen LogP contribution in [0.2, 0.25) is 0 Å². The Morgan fingerprint density at radius 1 is 1.11 bits per heavy atom. The second kappa shape index (κ2) is 5.80. The number of benzene rings is 1. The van der Waals surface area contributed by atoms with E-state index in [0.29, 0.717) is 10.0 Å². The average molecular weight is 347 g/mol. The first-order valence-electron chi connectivity index (χ1n) is 5.15. The van der Waals surface area contributed by atoms with Crippen LogP contribution < -0.4 is 5.73 Å². The van der Waals surface area contributed by atoms with E-state index < -0.39 is 17.8 Å². The van der Waals surface area contributed by atoms with E-state index in [-0.39, 0.29) is 17.8 Å². The smallest absolute Gasteiger partial charge is 0.324 e. The van der Waals surface area contributed by atoms with Crippen LogP contribution in [0.25, 0.3) is 0 Å². The van der Waals surface area contributed by atoms with Gasteiger partial charge in [-0.05, 0) is 29.2 Å². The van der Waals surface area contributed by atoms with Gasteiger partial charge < -0.3 is 5.73 Å². The van der Waals surface area contributed by atoms with Crippen molar-refractivity contribution in [2.45, 2.75) is 33.0 Å². The summed E-state index contributed by atoms with van der Waals surface area (Å²) in [5.74, 6) is 0. The van der Waals surface area contributed by atoms with Crippen LogP contribution >= 0.6 is 28.3 Å². The van der Waals surface area contributed by atoms with Crippen LogP contribution in [-0.2, 0) is 6.18 Å². The molecule has 0 radical (unpaired) electrons. The maximum atomic E-state index is 12.6. The Morgan fingerprint density at radius 3 is 2.00 bits per heavy atom. The van der Waals surface area contributed by atoms with Gasteiger partial charge in [0.05, 0.1) is 5.56 Å². The fraction of sp³-hybridized carbons (Fsp3) is 0.500. The van der Waals surface area contributed by atoms with E-state index in [1.165, 1.54) is 0 Å². The van der Waals surface area contributed by atoms with Crippen molar-refractivity contribution in [3.05, 3.63) is 33.8 Å². The molecular formula is C12H16BrClF3N. The Balaban J connectivity index is 0.00000289. The molecule has 0 bridgehead atoms.